The molecule has 0 saturated heterocycles. The predicted octanol–water partition coefficient (Wildman–Crippen LogP) is 1.33. The van der Waals surface area contributed by atoms with Gasteiger partial charge in [-0.05, 0) is 22.0 Å². The first kappa shape index (κ1) is 8.01. The number of aromatic nitrogens is 1. The van der Waals surface area contributed by atoms with E-state index in [0.29, 0.717) is 6.61 Å². The van der Waals surface area contributed by atoms with Crippen LogP contribution in [0.3, 0.4) is 0 Å². The Bertz CT molecular complexity index is 290. The highest BCUT2D eigenvalue weighted by molar-refractivity contribution is 9.10. The molecule has 0 saturated carbocycles. The molecule has 1 aromatic heterocycles. The van der Waals surface area contributed by atoms with Gasteiger partial charge in [-0.1, -0.05) is 0 Å². The van der Waals surface area contributed by atoms with Gasteiger partial charge in [0.2, 0.25) is 5.88 Å². The van der Waals surface area contributed by atoms with E-state index in [9.17, 15) is 0 Å². The van der Waals surface area contributed by atoms with Crippen LogP contribution < -0.4 is 10.1 Å². The maximum atomic E-state index is 5.41. The molecule has 12 heavy (non-hydrogen) atoms. The SMILES string of the molecule is Brc1cnc2c(c1)CNCCO2. The van der Waals surface area contributed by atoms with Gasteiger partial charge in [0.05, 0.1) is 0 Å². The van der Waals surface area contributed by atoms with Crippen molar-refractivity contribution in [1.29, 1.82) is 0 Å². The van der Waals surface area contributed by atoms with Crippen molar-refractivity contribution in [2.45, 2.75) is 6.54 Å². The Balaban J connectivity index is 2.36. The molecule has 0 aromatic carbocycles. The third-order valence-electron chi connectivity index (χ3n) is 1.73. The summed E-state index contributed by atoms with van der Waals surface area (Å²) in [7, 11) is 0. The molecule has 0 atom stereocenters. The minimum Gasteiger partial charge on any atom is -0.476 e. The van der Waals surface area contributed by atoms with Crippen molar-refractivity contribution in [2.75, 3.05) is 13.2 Å². The Morgan fingerprint density at radius 1 is 1.58 bits per heavy atom. The standard InChI is InChI=1S/C8H9BrN2O/c9-7-3-6-4-10-1-2-12-8(6)11-5-7/h3,5,10H,1-2,4H2. The normalized spacial score (nSPS) is 16.1. The summed E-state index contributed by atoms with van der Waals surface area (Å²) in [6, 6.07) is 2.03. The zero-order chi connectivity index (χ0) is 8.39. The van der Waals surface area contributed by atoms with Crippen LogP contribution in [0.2, 0.25) is 0 Å². The number of ether oxygens (including phenoxy) is 1. The van der Waals surface area contributed by atoms with Gasteiger partial charge in [-0.25, -0.2) is 4.98 Å². The minimum absolute atomic E-state index is 0.696. The summed E-state index contributed by atoms with van der Waals surface area (Å²) < 4.78 is 6.40. The fourth-order valence-electron chi connectivity index (χ4n) is 1.17. The number of halogens is 1. The van der Waals surface area contributed by atoms with E-state index in [2.05, 4.69) is 26.2 Å². The largest absolute Gasteiger partial charge is 0.476 e. The van der Waals surface area contributed by atoms with Gasteiger partial charge in [0, 0.05) is 29.3 Å². The molecular weight excluding hydrogens is 220 g/mol. The first-order chi connectivity index (χ1) is 5.86. The maximum absolute atomic E-state index is 5.41. The van der Waals surface area contributed by atoms with Crippen LogP contribution in [-0.2, 0) is 6.54 Å². The number of rotatable bonds is 0. The lowest BCUT2D eigenvalue weighted by Gasteiger charge is -2.03. The summed E-state index contributed by atoms with van der Waals surface area (Å²) in [5.41, 5.74) is 1.11. The molecule has 2 rings (SSSR count). The van der Waals surface area contributed by atoms with Crippen molar-refractivity contribution in [2.24, 2.45) is 0 Å². The van der Waals surface area contributed by atoms with Gasteiger partial charge in [-0.2, -0.15) is 0 Å². The Kier molecular flexibility index (Phi) is 2.28. The van der Waals surface area contributed by atoms with Crippen LogP contribution in [0.4, 0.5) is 0 Å². The maximum Gasteiger partial charge on any atom is 0.217 e. The van der Waals surface area contributed by atoms with Crippen molar-refractivity contribution in [3.8, 4) is 5.88 Å². The van der Waals surface area contributed by atoms with Crippen LogP contribution in [0.5, 0.6) is 5.88 Å². The van der Waals surface area contributed by atoms with Crippen molar-refractivity contribution >= 4 is 15.9 Å². The molecule has 0 amide bonds. The third-order valence-corrected chi connectivity index (χ3v) is 2.16. The summed E-state index contributed by atoms with van der Waals surface area (Å²) >= 11 is 3.37. The fraction of sp³-hybridized carbons (Fsp3) is 0.375. The summed E-state index contributed by atoms with van der Waals surface area (Å²) in [5.74, 6) is 0.753. The van der Waals surface area contributed by atoms with E-state index in [1.54, 1.807) is 6.20 Å². The van der Waals surface area contributed by atoms with Crippen molar-refractivity contribution in [3.63, 3.8) is 0 Å². The van der Waals surface area contributed by atoms with Gasteiger partial charge in [0.1, 0.15) is 6.61 Å². The number of nitrogens with one attached hydrogen (secondary N) is 1. The third kappa shape index (κ3) is 1.59. The van der Waals surface area contributed by atoms with E-state index < -0.39 is 0 Å². The average molecular weight is 229 g/mol. The molecule has 0 bridgehead atoms. The van der Waals surface area contributed by atoms with Crippen LogP contribution in [0.25, 0.3) is 0 Å². The minimum atomic E-state index is 0.696. The Morgan fingerprint density at radius 3 is 3.42 bits per heavy atom. The van der Waals surface area contributed by atoms with Crippen LogP contribution in [0.15, 0.2) is 16.7 Å². The summed E-state index contributed by atoms with van der Waals surface area (Å²) in [5, 5.41) is 3.24. The molecule has 0 radical (unpaired) electrons. The molecule has 1 aliphatic heterocycles. The van der Waals surface area contributed by atoms with E-state index in [-0.39, 0.29) is 0 Å². The first-order valence-corrected chi connectivity index (χ1v) is 4.63. The molecule has 1 aliphatic rings. The van der Waals surface area contributed by atoms with E-state index in [0.717, 1.165) is 29.0 Å². The highest BCUT2D eigenvalue weighted by atomic mass is 79.9. The molecule has 1 N–H and O–H groups in total. The molecule has 0 aliphatic carbocycles. The summed E-state index contributed by atoms with van der Waals surface area (Å²) in [6.07, 6.45) is 1.75. The molecule has 0 unspecified atom stereocenters. The predicted molar refractivity (Wildman–Crippen MR) is 49.1 cm³/mol. The van der Waals surface area contributed by atoms with Gasteiger partial charge in [0.25, 0.3) is 0 Å². The molecule has 1 aromatic rings. The molecule has 0 fully saturated rings. The number of hydrogen-bond acceptors (Lipinski definition) is 3. The highest BCUT2D eigenvalue weighted by Gasteiger charge is 2.08. The van der Waals surface area contributed by atoms with Gasteiger partial charge in [-0.15, -0.1) is 0 Å². The lowest BCUT2D eigenvalue weighted by Crippen LogP contribution is -2.16. The van der Waals surface area contributed by atoms with Gasteiger partial charge < -0.3 is 10.1 Å². The lowest BCUT2D eigenvalue weighted by molar-refractivity contribution is 0.314. The molecule has 2 heterocycles. The second kappa shape index (κ2) is 3.41. The summed E-state index contributed by atoms with van der Waals surface area (Å²) in [4.78, 5) is 4.17. The monoisotopic (exact) mass is 228 g/mol. The van der Waals surface area contributed by atoms with Crippen LogP contribution in [0.1, 0.15) is 5.56 Å². The zero-order valence-corrected chi connectivity index (χ0v) is 8.10. The van der Waals surface area contributed by atoms with Gasteiger partial charge in [0.15, 0.2) is 0 Å². The van der Waals surface area contributed by atoms with Crippen LogP contribution in [-0.4, -0.2) is 18.1 Å². The lowest BCUT2D eigenvalue weighted by atomic mass is 10.3. The second-order valence-electron chi connectivity index (χ2n) is 2.64. The topological polar surface area (TPSA) is 34.2 Å². The molecule has 0 spiro atoms. The molecule has 3 nitrogen and oxygen atoms in total. The number of fused-ring (bicyclic) bond motifs is 1. The quantitative estimate of drug-likeness (QED) is 0.728. The van der Waals surface area contributed by atoms with Gasteiger partial charge >= 0.3 is 0 Å². The molecule has 64 valence electrons. The van der Waals surface area contributed by atoms with Crippen molar-refractivity contribution in [3.05, 3.63) is 22.3 Å². The highest BCUT2D eigenvalue weighted by Crippen LogP contribution is 2.20. The Hall–Kier alpha value is -0.610. The molecule has 4 heteroatoms. The molecular formula is C8H9BrN2O. The van der Waals surface area contributed by atoms with Crippen LogP contribution >= 0.6 is 15.9 Å². The average Bonchev–Trinajstić information content (AvgIpc) is 2.28. The van der Waals surface area contributed by atoms with Crippen molar-refractivity contribution < 1.29 is 4.74 Å². The van der Waals surface area contributed by atoms with E-state index in [4.69, 9.17) is 4.74 Å². The van der Waals surface area contributed by atoms with Crippen molar-refractivity contribution in [1.82, 2.24) is 10.3 Å². The number of hydrogen-bond donors (Lipinski definition) is 1. The Labute approximate surface area is 79.3 Å². The van der Waals surface area contributed by atoms with Crippen LogP contribution in [0, 0.1) is 0 Å². The number of pyridine rings is 1. The fourth-order valence-corrected chi connectivity index (χ4v) is 1.55. The second-order valence-corrected chi connectivity index (χ2v) is 3.56. The van der Waals surface area contributed by atoms with E-state index in [1.807, 2.05) is 6.07 Å². The van der Waals surface area contributed by atoms with Gasteiger partial charge in [-0.3, -0.25) is 0 Å². The summed E-state index contributed by atoms with van der Waals surface area (Å²) in [6.45, 7) is 2.41. The van der Waals surface area contributed by atoms with E-state index >= 15 is 0 Å². The zero-order valence-electron chi connectivity index (χ0n) is 6.51. The first-order valence-electron chi connectivity index (χ1n) is 3.84. The smallest absolute Gasteiger partial charge is 0.217 e. The Morgan fingerprint density at radius 2 is 2.50 bits per heavy atom. The van der Waals surface area contributed by atoms with E-state index in [1.165, 1.54) is 0 Å². The number of nitrogens with zero attached hydrogens (tertiary/aromatic N) is 1.